The Morgan fingerprint density at radius 3 is 2.71 bits per heavy atom. The van der Waals surface area contributed by atoms with Crippen LogP contribution >= 0.6 is 22.6 Å². The van der Waals surface area contributed by atoms with Gasteiger partial charge in [-0.3, -0.25) is 0 Å². The smallest absolute Gasteiger partial charge is 0.120 e. The van der Waals surface area contributed by atoms with Crippen molar-refractivity contribution in [2.45, 2.75) is 18.9 Å². The van der Waals surface area contributed by atoms with E-state index < -0.39 is 5.54 Å². The largest absolute Gasteiger partial charge is 0.508 e. The molecule has 0 unspecified atom stereocenters. The number of phenols is 1. The minimum Gasteiger partial charge on any atom is -0.508 e. The number of phenolic OH excluding ortho intramolecular Hbond substituents is 1. The van der Waals surface area contributed by atoms with E-state index in [4.69, 9.17) is 10.8 Å². The molecule has 0 amide bonds. The lowest BCUT2D eigenvalue weighted by atomic mass is 9.89. The van der Waals surface area contributed by atoms with E-state index in [-0.39, 0.29) is 12.4 Å². The Morgan fingerprint density at radius 1 is 1.50 bits per heavy atom. The lowest BCUT2D eigenvalue weighted by molar-refractivity contribution is 0.245. The number of rotatable bonds is 3. The number of benzene rings is 1. The van der Waals surface area contributed by atoms with Gasteiger partial charge in [0.25, 0.3) is 0 Å². The van der Waals surface area contributed by atoms with Gasteiger partial charge in [0.1, 0.15) is 5.75 Å². The van der Waals surface area contributed by atoms with Crippen LogP contribution in [0.25, 0.3) is 0 Å². The van der Waals surface area contributed by atoms with Gasteiger partial charge >= 0.3 is 0 Å². The molecule has 4 N–H and O–H groups in total. The molecule has 0 saturated carbocycles. The fourth-order valence-corrected chi connectivity index (χ4v) is 1.82. The van der Waals surface area contributed by atoms with Gasteiger partial charge in [-0.2, -0.15) is 0 Å². The van der Waals surface area contributed by atoms with Crippen molar-refractivity contribution in [3.63, 3.8) is 0 Å². The fraction of sp³-hybridized carbons (Fsp3) is 0.400. The summed E-state index contributed by atoms with van der Waals surface area (Å²) in [6.45, 7) is 1.81. The van der Waals surface area contributed by atoms with Crippen LogP contribution in [0.1, 0.15) is 18.9 Å². The third kappa shape index (κ3) is 2.59. The molecule has 0 aliphatic carbocycles. The lowest BCUT2D eigenvalue weighted by Crippen LogP contribution is -2.34. The van der Waals surface area contributed by atoms with Crippen LogP contribution in [0.15, 0.2) is 18.2 Å². The molecule has 3 nitrogen and oxygen atoms in total. The summed E-state index contributed by atoms with van der Waals surface area (Å²) in [6.07, 6.45) is 0.431. The van der Waals surface area contributed by atoms with Gasteiger partial charge in [-0.05, 0) is 54.1 Å². The van der Waals surface area contributed by atoms with E-state index in [0.29, 0.717) is 12.0 Å². The minimum atomic E-state index is -0.681. The Kier molecular flexibility index (Phi) is 3.74. The molecule has 14 heavy (non-hydrogen) atoms. The number of hydrogen-bond donors (Lipinski definition) is 3. The summed E-state index contributed by atoms with van der Waals surface area (Å²) in [6, 6.07) is 5.28. The normalized spacial score (nSPS) is 15.1. The van der Waals surface area contributed by atoms with E-state index in [1.807, 2.05) is 12.1 Å². The molecule has 0 aliphatic heterocycles. The maximum absolute atomic E-state index is 9.63. The first-order chi connectivity index (χ1) is 6.47. The zero-order chi connectivity index (χ0) is 10.8. The quantitative estimate of drug-likeness (QED) is 0.742. The first-order valence-corrected chi connectivity index (χ1v) is 5.44. The number of aliphatic hydroxyl groups is 1. The third-order valence-electron chi connectivity index (χ3n) is 2.21. The van der Waals surface area contributed by atoms with E-state index >= 15 is 0 Å². The summed E-state index contributed by atoms with van der Waals surface area (Å²) >= 11 is 2.16. The second kappa shape index (κ2) is 4.46. The molecule has 0 saturated heterocycles. The predicted molar refractivity (Wildman–Crippen MR) is 64.1 cm³/mol. The Balaban J connectivity index is 3.10. The number of aromatic hydroxyl groups is 1. The van der Waals surface area contributed by atoms with E-state index in [1.165, 1.54) is 0 Å². The molecule has 1 aromatic carbocycles. The van der Waals surface area contributed by atoms with Crippen molar-refractivity contribution in [2.75, 3.05) is 6.61 Å². The molecule has 0 aromatic heterocycles. The standard InChI is InChI=1S/C10H14INO2/c1-10(12,4-5-13)8-6-7(11)2-3-9(8)14/h2-3,6,13-14H,4-5,12H2,1H3/t10-/m0/s1. The highest BCUT2D eigenvalue weighted by Crippen LogP contribution is 2.30. The average Bonchev–Trinajstić information content (AvgIpc) is 2.09. The summed E-state index contributed by atoms with van der Waals surface area (Å²) < 4.78 is 1.02. The minimum absolute atomic E-state index is 0.0118. The van der Waals surface area contributed by atoms with Gasteiger partial charge in [0, 0.05) is 21.3 Å². The second-order valence-corrected chi connectivity index (χ2v) is 4.80. The highest BCUT2D eigenvalue weighted by molar-refractivity contribution is 14.1. The van der Waals surface area contributed by atoms with Crippen molar-refractivity contribution in [1.82, 2.24) is 0 Å². The number of hydrogen-bond acceptors (Lipinski definition) is 3. The molecule has 0 spiro atoms. The number of nitrogens with two attached hydrogens (primary N) is 1. The molecule has 0 bridgehead atoms. The molecular formula is C10H14INO2. The van der Waals surface area contributed by atoms with E-state index in [9.17, 15) is 5.11 Å². The topological polar surface area (TPSA) is 66.5 Å². The van der Waals surface area contributed by atoms with Crippen LogP contribution in [0.2, 0.25) is 0 Å². The summed E-state index contributed by atoms with van der Waals surface area (Å²) in [7, 11) is 0. The van der Waals surface area contributed by atoms with Crippen LogP contribution < -0.4 is 5.73 Å². The molecule has 0 radical (unpaired) electrons. The Labute approximate surface area is 97.1 Å². The fourth-order valence-electron chi connectivity index (χ4n) is 1.33. The van der Waals surface area contributed by atoms with Crippen LogP contribution in [0, 0.1) is 3.57 Å². The second-order valence-electron chi connectivity index (χ2n) is 3.55. The summed E-state index contributed by atoms with van der Waals surface area (Å²) in [5, 5.41) is 18.5. The van der Waals surface area contributed by atoms with Gasteiger partial charge in [0.05, 0.1) is 0 Å². The van der Waals surface area contributed by atoms with E-state index in [0.717, 1.165) is 3.57 Å². The van der Waals surface area contributed by atoms with Crippen LogP contribution in [-0.4, -0.2) is 16.8 Å². The summed E-state index contributed by atoms with van der Waals surface area (Å²) in [5.41, 5.74) is 5.99. The third-order valence-corrected chi connectivity index (χ3v) is 2.88. The summed E-state index contributed by atoms with van der Waals surface area (Å²) in [5.74, 6) is 0.184. The highest BCUT2D eigenvalue weighted by atomic mass is 127. The van der Waals surface area contributed by atoms with Crippen molar-refractivity contribution < 1.29 is 10.2 Å². The first-order valence-electron chi connectivity index (χ1n) is 4.36. The molecule has 4 heteroatoms. The zero-order valence-corrected chi connectivity index (χ0v) is 10.2. The molecule has 1 rings (SSSR count). The van der Waals surface area contributed by atoms with Crippen molar-refractivity contribution >= 4 is 22.6 Å². The van der Waals surface area contributed by atoms with E-state index in [2.05, 4.69) is 22.6 Å². The molecule has 0 aliphatic rings. The van der Waals surface area contributed by atoms with Crippen LogP contribution in [0.4, 0.5) is 0 Å². The Bertz CT molecular complexity index is 326. The van der Waals surface area contributed by atoms with Crippen LogP contribution in [0.3, 0.4) is 0 Å². The van der Waals surface area contributed by atoms with Gasteiger partial charge in [0.15, 0.2) is 0 Å². The molecular weight excluding hydrogens is 293 g/mol. The van der Waals surface area contributed by atoms with E-state index in [1.54, 1.807) is 13.0 Å². The monoisotopic (exact) mass is 307 g/mol. The van der Waals surface area contributed by atoms with Gasteiger partial charge in [-0.1, -0.05) is 0 Å². The predicted octanol–water partition coefficient (Wildman–Crippen LogP) is 1.55. The van der Waals surface area contributed by atoms with Crippen LogP contribution in [0.5, 0.6) is 5.75 Å². The first kappa shape index (κ1) is 11.7. The van der Waals surface area contributed by atoms with Crippen LogP contribution in [-0.2, 0) is 5.54 Å². The Morgan fingerprint density at radius 2 is 2.14 bits per heavy atom. The van der Waals surface area contributed by atoms with Gasteiger partial charge in [0.2, 0.25) is 0 Å². The maximum Gasteiger partial charge on any atom is 0.120 e. The molecule has 0 fully saturated rings. The van der Waals surface area contributed by atoms with Crippen molar-refractivity contribution in [3.05, 3.63) is 27.3 Å². The lowest BCUT2D eigenvalue weighted by Gasteiger charge is -2.25. The molecule has 1 aromatic rings. The summed E-state index contributed by atoms with van der Waals surface area (Å²) in [4.78, 5) is 0. The van der Waals surface area contributed by atoms with Gasteiger partial charge < -0.3 is 15.9 Å². The number of aliphatic hydroxyl groups excluding tert-OH is 1. The van der Waals surface area contributed by atoms with Gasteiger partial charge in [-0.15, -0.1) is 0 Å². The maximum atomic E-state index is 9.63. The molecule has 1 atom stereocenters. The highest BCUT2D eigenvalue weighted by Gasteiger charge is 2.23. The SMILES string of the molecule is C[C@](N)(CCO)c1cc(I)ccc1O. The Hall–Kier alpha value is -0.330. The van der Waals surface area contributed by atoms with Gasteiger partial charge in [-0.25, -0.2) is 0 Å². The number of halogens is 1. The van der Waals surface area contributed by atoms with Crippen molar-refractivity contribution in [2.24, 2.45) is 5.73 Å². The average molecular weight is 307 g/mol. The molecule has 78 valence electrons. The zero-order valence-electron chi connectivity index (χ0n) is 8.00. The molecule has 0 heterocycles. The van der Waals surface area contributed by atoms with Crippen molar-refractivity contribution in [1.29, 1.82) is 0 Å². The van der Waals surface area contributed by atoms with Crippen molar-refractivity contribution in [3.8, 4) is 5.75 Å².